The van der Waals surface area contributed by atoms with Crippen LogP contribution in [0.15, 0.2) is 18.2 Å². The topological polar surface area (TPSA) is 159 Å². The second-order valence-electron chi connectivity index (χ2n) is 7.98. The fourth-order valence-electron chi connectivity index (χ4n) is 2.46. The van der Waals surface area contributed by atoms with Crippen LogP contribution in [0, 0.1) is 0 Å². The molecule has 1 rings (SSSR count). The summed E-state index contributed by atoms with van der Waals surface area (Å²) in [7, 11) is 1.16. The summed E-state index contributed by atoms with van der Waals surface area (Å²) in [5.41, 5.74) is 6.42. The third kappa shape index (κ3) is 11.3. The van der Waals surface area contributed by atoms with Gasteiger partial charge in [-0.3, -0.25) is 4.79 Å². The minimum Gasteiger partial charge on any atom is -0.461 e. The Morgan fingerprint density at radius 3 is 1.86 bits per heavy atom. The number of carbonyl (C=O) groups excluding carboxylic acids is 4. The quantitative estimate of drug-likeness (QED) is 0.244. The number of methoxy groups -OCH3 is 1. The first-order valence-electron chi connectivity index (χ1n) is 11.6. The molecule has 0 fully saturated rings. The maximum absolute atomic E-state index is 12.3. The fraction of sp³-hybridized carbons (Fsp3) is 0.583. The average Bonchev–Trinajstić information content (AvgIpc) is 2.83. The normalized spacial score (nSPS) is 13.9. The molecule has 0 radical (unpaired) electrons. The van der Waals surface area contributed by atoms with Gasteiger partial charge in [-0.2, -0.15) is 0 Å². The lowest BCUT2D eigenvalue weighted by atomic mass is 10.1. The van der Waals surface area contributed by atoms with Crippen molar-refractivity contribution in [3.8, 4) is 11.5 Å². The van der Waals surface area contributed by atoms with Crippen molar-refractivity contribution in [3.05, 3.63) is 23.8 Å². The van der Waals surface area contributed by atoms with Crippen molar-refractivity contribution >= 4 is 24.4 Å². The summed E-state index contributed by atoms with van der Waals surface area (Å²) in [6, 6.07) is 3.22. The van der Waals surface area contributed by atoms with Gasteiger partial charge in [0.1, 0.15) is 31.0 Å². The van der Waals surface area contributed by atoms with Gasteiger partial charge in [-0.25, -0.2) is 14.4 Å². The molecule has 12 heteroatoms. The smallest absolute Gasteiger partial charge is 0.461 e. The monoisotopic (exact) mass is 513 g/mol. The van der Waals surface area contributed by atoms with E-state index in [1.54, 1.807) is 13.8 Å². The van der Waals surface area contributed by atoms with Crippen LogP contribution in [-0.4, -0.2) is 62.5 Å². The highest BCUT2D eigenvalue weighted by Crippen LogP contribution is 2.30. The summed E-state index contributed by atoms with van der Waals surface area (Å²) in [6.45, 7) is 8.37. The predicted octanol–water partition coefficient (Wildman–Crippen LogP) is 3.90. The average molecular weight is 514 g/mol. The van der Waals surface area contributed by atoms with Crippen molar-refractivity contribution in [3.63, 3.8) is 0 Å². The van der Waals surface area contributed by atoms with Gasteiger partial charge in [0.2, 0.25) is 0 Å². The first-order chi connectivity index (χ1) is 17.0. The van der Waals surface area contributed by atoms with E-state index in [-0.39, 0.29) is 30.6 Å². The first kappa shape index (κ1) is 30.5. The molecule has 4 atom stereocenters. The minimum absolute atomic E-state index is 0.000557. The Labute approximate surface area is 210 Å². The van der Waals surface area contributed by atoms with E-state index in [4.69, 9.17) is 34.2 Å². The van der Waals surface area contributed by atoms with Gasteiger partial charge in [-0.1, -0.05) is 19.9 Å². The summed E-state index contributed by atoms with van der Waals surface area (Å²) < 4.78 is 34.9. The Morgan fingerprint density at radius 2 is 1.33 bits per heavy atom. The number of rotatable bonds is 12. The molecule has 202 valence electrons. The summed E-state index contributed by atoms with van der Waals surface area (Å²) in [4.78, 5) is 47.6. The summed E-state index contributed by atoms with van der Waals surface area (Å²) in [5, 5.41) is 0. The summed E-state index contributed by atoms with van der Waals surface area (Å²) in [6.07, 6.45) is -3.23. The molecule has 0 heterocycles. The van der Waals surface area contributed by atoms with Gasteiger partial charge in [-0.15, -0.1) is 0 Å². The predicted molar refractivity (Wildman–Crippen MR) is 126 cm³/mol. The molecule has 12 nitrogen and oxygen atoms in total. The van der Waals surface area contributed by atoms with Crippen LogP contribution in [0.5, 0.6) is 11.5 Å². The summed E-state index contributed by atoms with van der Waals surface area (Å²) >= 11 is 0. The Hall–Kier alpha value is -3.54. The molecule has 0 amide bonds. The lowest BCUT2D eigenvalue weighted by Crippen LogP contribution is -2.36. The zero-order valence-electron chi connectivity index (χ0n) is 21.4. The van der Waals surface area contributed by atoms with Crippen LogP contribution in [-0.2, 0) is 34.9 Å². The zero-order valence-corrected chi connectivity index (χ0v) is 21.4. The van der Waals surface area contributed by atoms with E-state index in [9.17, 15) is 19.2 Å². The molecule has 0 aliphatic rings. The van der Waals surface area contributed by atoms with Crippen molar-refractivity contribution in [2.75, 3.05) is 13.7 Å². The largest absolute Gasteiger partial charge is 0.514 e. The highest BCUT2D eigenvalue weighted by Gasteiger charge is 2.22. The molecule has 2 N–H and O–H groups in total. The minimum atomic E-state index is -1.09. The van der Waals surface area contributed by atoms with Crippen molar-refractivity contribution in [1.82, 2.24) is 0 Å². The van der Waals surface area contributed by atoms with E-state index in [2.05, 4.69) is 4.74 Å². The SMILES string of the molecule is CCC(C)OC(=O)Oc1ccc(C[C@H](N)C(=O)OC[C@H](C)OC(=O)OC)cc1OC(=O)OC(C)CC. The number of ether oxygens (including phenoxy) is 7. The number of benzene rings is 1. The van der Waals surface area contributed by atoms with E-state index in [1.165, 1.54) is 25.1 Å². The molecule has 0 saturated carbocycles. The Kier molecular flexibility index (Phi) is 13.1. The second kappa shape index (κ2) is 15.5. The van der Waals surface area contributed by atoms with Gasteiger partial charge in [0.25, 0.3) is 0 Å². The molecule has 0 aromatic heterocycles. The molecule has 1 aromatic rings. The second-order valence-corrected chi connectivity index (χ2v) is 7.98. The van der Waals surface area contributed by atoms with Crippen LogP contribution in [0.25, 0.3) is 0 Å². The van der Waals surface area contributed by atoms with Crippen molar-refractivity contribution in [2.45, 2.75) is 78.2 Å². The number of hydrogen-bond donors (Lipinski definition) is 1. The van der Waals surface area contributed by atoms with Gasteiger partial charge in [0.05, 0.1) is 7.11 Å². The molecule has 0 aliphatic carbocycles. The van der Waals surface area contributed by atoms with E-state index in [0.717, 1.165) is 7.11 Å². The van der Waals surface area contributed by atoms with Crippen LogP contribution in [0.2, 0.25) is 0 Å². The molecule has 36 heavy (non-hydrogen) atoms. The van der Waals surface area contributed by atoms with Gasteiger partial charge in [0, 0.05) is 0 Å². The van der Waals surface area contributed by atoms with E-state index in [0.29, 0.717) is 18.4 Å². The van der Waals surface area contributed by atoms with Crippen molar-refractivity contribution in [2.24, 2.45) is 5.73 Å². The maximum atomic E-state index is 12.3. The molecule has 0 aliphatic heterocycles. The van der Waals surface area contributed by atoms with Gasteiger partial charge >= 0.3 is 24.4 Å². The first-order valence-corrected chi connectivity index (χ1v) is 11.6. The third-order valence-corrected chi connectivity index (χ3v) is 4.82. The van der Waals surface area contributed by atoms with Crippen LogP contribution >= 0.6 is 0 Å². The Bertz CT molecular complexity index is 889. The van der Waals surface area contributed by atoms with Crippen molar-refractivity contribution < 1.29 is 52.3 Å². The van der Waals surface area contributed by atoms with E-state index in [1.807, 2.05) is 13.8 Å². The van der Waals surface area contributed by atoms with Crippen LogP contribution in [0.4, 0.5) is 14.4 Å². The van der Waals surface area contributed by atoms with Gasteiger partial charge in [0.15, 0.2) is 11.5 Å². The number of esters is 1. The van der Waals surface area contributed by atoms with Crippen LogP contribution in [0.3, 0.4) is 0 Å². The maximum Gasteiger partial charge on any atom is 0.514 e. The zero-order chi connectivity index (χ0) is 27.3. The Balaban J connectivity index is 2.93. The number of nitrogens with two attached hydrogens (primary N) is 1. The van der Waals surface area contributed by atoms with Gasteiger partial charge in [-0.05, 0) is 57.7 Å². The third-order valence-electron chi connectivity index (χ3n) is 4.82. The Morgan fingerprint density at radius 1 is 0.806 bits per heavy atom. The highest BCUT2D eigenvalue weighted by atomic mass is 16.8. The van der Waals surface area contributed by atoms with E-state index >= 15 is 0 Å². The molecule has 0 bridgehead atoms. The molecular weight excluding hydrogens is 478 g/mol. The molecule has 0 saturated heterocycles. The summed E-state index contributed by atoms with van der Waals surface area (Å²) in [5.74, 6) is -0.952. The fourth-order valence-corrected chi connectivity index (χ4v) is 2.46. The van der Waals surface area contributed by atoms with Gasteiger partial charge < -0.3 is 38.9 Å². The number of hydrogen-bond acceptors (Lipinski definition) is 12. The molecule has 0 spiro atoms. The lowest BCUT2D eigenvalue weighted by molar-refractivity contribution is -0.148. The molecule has 2 unspecified atom stereocenters. The molecular formula is C24H35NO11. The van der Waals surface area contributed by atoms with Crippen LogP contribution in [0.1, 0.15) is 53.0 Å². The number of carbonyl (C=O) groups is 4. The van der Waals surface area contributed by atoms with Crippen LogP contribution < -0.4 is 15.2 Å². The lowest BCUT2D eigenvalue weighted by Gasteiger charge is -2.17. The molecule has 1 aromatic carbocycles. The van der Waals surface area contributed by atoms with Crippen molar-refractivity contribution in [1.29, 1.82) is 0 Å². The standard InChI is InChI=1S/C24H35NO11/c1-7-14(3)32-23(28)35-19-10-9-17(12-20(19)36-24(29)33-15(4)8-2)11-18(25)21(26)31-13-16(5)34-22(27)30-6/h9-10,12,14-16,18H,7-8,11,13,25H2,1-6H3/t14?,15?,16-,18-/m0/s1. The highest BCUT2D eigenvalue weighted by molar-refractivity contribution is 5.76. The van der Waals surface area contributed by atoms with E-state index < -0.39 is 42.7 Å².